The number of benzene rings is 1. The molecule has 0 saturated heterocycles. The van der Waals surface area contributed by atoms with Crippen molar-refractivity contribution in [3.63, 3.8) is 0 Å². The molecule has 1 aromatic carbocycles. The molecular formula is C37H44O14. The van der Waals surface area contributed by atoms with E-state index in [4.69, 9.17) is 28.4 Å². The Bertz CT molecular complexity index is 1710. The second kappa shape index (κ2) is 12.9. The van der Waals surface area contributed by atoms with Crippen LogP contribution in [0.15, 0.2) is 41.5 Å². The molecule has 2 bridgehead atoms. The molecule has 51 heavy (non-hydrogen) atoms. The molecule has 4 aliphatic rings. The number of esters is 6. The average Bonchev–Trinajstić information content (AvgIpc) is 3.36. The third-order valence-electron chi connectivity index (χ3n) is 10.8. The van der Waals surface area contributed by atoms with Crippen molar-refractivity contribution >= 4 is 41.6 Å². The number of ether oxygens (including phenoxy) is 6. The van der Waals surface area contributed by atoms with Gasteiger partial charge < -0.3 is 33.5 Å². The summed E-state index contributed by atoms with van der Waals surface area (Å²) in [5.41, 5.74) is -7.79. The van der Waals surface area contributed by atoms with Crippen LogP contribution in [-0.2, 0) is 57.2 Å². The summed E-state index contributed by atoms with van der Waals surface area (Å²) in [6.07, 6.45) is -8.67. The fourth-order valence-electron chi connectivity index (χ4n) is 9.30. The van der Waals surface area contributed by atoms with E-state index in [0.717, 1.165) is 34.6 Å². The highest BCUT2D eigenvalue weighted by Crippen LogP contribution is 2.67. The van der Waals surface area contributed by atoms with E-state index in [-0.39, 0.29) is 23.1 Å². The van der Waals surface area contributed by atoms with Crippen LogP contribution in [0.5, 0.6) is 0 Å². The molecule has 1 aromatic rings. The Morgan fingerprint density at radius 1 is 0.745 bits per heavy atom. The molecule has 5 rings (SSSR count). The second-order valence-electron chi connectivity index (χ2n) is 14.9. The minimum absolute atomic E-state index is 0.0119. The number of hydrogen-bond acceptors (Lipinski definition) is 14. The summed E-state index contributed by atoms with van der Waals surface area (Å²) in [5, 5.41) is 13.2. The summed E-state index contributed by atoms with van der Waals surface area (Å²) in [7, 11) is 0. The molecule has 4 aliphatic carbocycles. The fraction of sp³-hybridized carbons (Fsp3) is 0.595. The lowest BCUT2D eigenvalue weighted by atomic mass is 9.58. The number of aliphatic hydroxyl groups is 1. The van der Waals surface area contributed by atoms with E-state index in [1.54, 1.807) is 39.0 Å². The van der Waals surface area contributed by atoms with Gasteiger partial charge in [-0.05, 0) is 50.8 Å². The van der Waals surface area contributed by atoms with Gasteiger partial charge in [-0.15, -0.1) is 0 Å². The first-order valence-corrected chi connectivity index (χ1v) is 16.8. The molecule has 276 valence electrons. The van der Waals surface area contributed by atoms with Crippen molar-refractivity contribution < 1.29 is 67.1 Å². The highest BCUT2D eigenvalue weighted by molar-refractivity contribution is 6.05. The predicted molar refractivity (Wildman–Crippen MR) is 173 cm³/mol. The number of hydrogen-bond donors (Lipinski definition) is 1. The van der Waals surface area contributed by atoms with Crippen LogP contribution in [-0.4, -0.2) is 88.4 Å². The van der Waals surface area contributed by atoms with Gasteiger partial charge in [-0.1, -0.05) is 25.1 Å². The van der Waals surface area contributed by atoms with Crippen molar-refractivity contribution in [3.05, 3.63) is 47.0 Å². The Kier molecular flexibility index (Phi) is 9.51. The van der Waals surface area contributed by atoms with E-state index in [1.165, 1.54) is 19.1 Å². The fourth-order valence-corrected chi connectivity index (χ4v) is 9.30. The van der Waals surface area contributed by atoms with E-state index in [1.807, 2.05) is 0 Å². The lowest BCUT2D eigenvalue weighted by Crippen LogP contribution is -2.68. The highest BCUT2D eigenvalue weighted by atomic mass is 16.6. The van der Waals surface area contributed by atoms with Gasteiger partial charge in [0.05, 0.1) is 22.3 Å². The molecule has 0 amide bonds. The van der Waals surface area contributed by atoms with Gasteiger partial charge in [0, 0.05) is 46.6 Å². The van der Waals surface area contributed by atoms with Crippen LogP contribution >= 0.6 is 0 Å². The van der Waals surface area contributed by atoms with Crippen molar-refractivity contribution in [2.75, 3.05) is 0 Å². The lowest BCUT2D eigenvalue weighted by Gasteiger charge is -2.54. The Morgan fingerprint density at radius 2 is 1.29 bits per heavy atom. The van der Waals surface area contributed by atoms with Crippen LogP contribution < -0.4 is 0 Å². The Balaban J connectivity index is 1.92. The zero-order valence-corrected chi connectivity index (χ0v) is 30.1. The minimum atomic E-state index is -2.29. The molecule has 0 spiro atoms. The minimum Gasteiger partial charge on any atom is -0.458 e. The monoisotopic (exact) mass is 712 g/mol. The molecule has 0 heterocycles. The van der Waals surface area contributed by atoms with Gasteiger partial charge in [-0.3, -0.25) is 28.8 Å². The Morgan fingerprint density at radius 3 is 1.82 bits per heavy atom. The molecule has 10 atom stereocenters. The second-order valence-corrected chi connectivity index (χ2v) is 14.9. The third kappa shape index (κ3) is 5.90. The third-order valence-corrected chi connectivity index (χ3v) is 10.8. The highest BCUT2D eigenvalue weighted by Gasteiger charge is 2.81. The molecule has 1 N–H and O–H groups in total. The van der Waals surface area contributed by atoms with Gasteiger partial charge in [0.2, 0.25) is 0 Å². The molecule has 0 radical (unpaired) electrons. The first-order chi connectivity index (χ1) is 23.6. The maximum atomic E-state index is 14.5. The zero-order valence-electron chi connectivity index (χ0n) is 30.1. The normalized spacial score (nSPS) is 36.1. The zero-order chi connectivity index (χ0) is 38.0. The van der Waals surface area contributed by atoms with Gasteiger partial charge in [0.15, 0.2) is 23.6 Å². The largest absolute Gasteiger partial charge is 0.458 e. The van der Waals surface area contributed by atoms with Crippen LogP contribution in [0.4, 0.5) is 0 Å². The van der Waals surface area contributed by atoms with Crippen LogP contribution in [0.3, 0.4) is 0 Å². The standard InChI is InChI=1S/C37H44O14/c1-17-15-36(45)26(27(17)50-31(44)23-13-11-10-12-14-23)30(47-19(3)39)37(51-22(6)42)16-24-25(29(46-18(2)38)34(7,8)28(24)43)35(9,32(36)48-20(4)40)33(37)49-21(5)41/h10-14,17,26-27,29-30,32-33,45H,15-16H2,1-9H3/t17-,26+,27+,29-,30+,32+,33+,35+,36+,37+/m0/s1. The first kappa shape index (κ1) is 37.7. The molecule has 14 heteroatoms. The smallest absolute Gasteiger partial charge is 0.338 e. The Hall–Kier alpha value is -4.59. The lowest BCUT2D eigenvalue weighted by molar-refractivity contribution is -0.239. The van der Waals surface area contributed by atoms with Crippen molar-refractivity contribution in [1.29, 1.82) is 0 Å². The Labute approximate surface area is 295 Å². The van der Waals surface area contributed by atoms with Gasteiger partial charge in [0.25, 0.3) is 0 Å². The number of Topliss-reactive ketones (excluding diaryl/α,β-unsaturated/α-hetero) is 1. The summed E-state index contributed by atoms with van der Waals surface area (Å²) in [4.78, 5) is 93.2. The molecule has 2 fully saturated rings. The SMILES string of the molecule is CC(=O)O[C@@H]1[C@H]2[C@H](OC(=O)c3ccccc3)[C@@H](C)C[C@]2(O)[C@H](OC(C)=O)[C@@]2(C)C3=C(C[C@]1(OC(C)=O)[C@@H]2OC(C)=O)C(=O)C(C)(C)[C@H]3OC(C)=O. The number of fused-ring (bicyclic) bond motifs is 4. The van der Waals surface area contributed by atoms with Gasteiger partial charge in [-0.2, -0.15) is 0 Å². The van der Waals surface area contributed by atoms with E-state index >= 15 is 0 Å². The van der Waals surface area contributed by atoms with Crippen molar-refractivity contribution in [2.24, 2.45) is 22.7 Å². The molecular weight excluding hydrogens is 668 g/mol. The van der Waals surface area contributed by atoms with Crippen LogP contribution in [0, 0.1) is 22.7 Å². The van der Waals surface area contributed by atoms with Crippen LogP contribution in [0.2, 0.25) is 0 Å². The van der Waals surface area contributed by atoms with Gasteiger partial charge in [-0.25, -0.2) is 4.79 Å². The van der Waals surface area contributed by atoms with Crippen molar-refractivity contribution in [3.8, 4) is 0 Å². The quantitative estimate of drug-likeness (QED) is 0.320. The summed E-state index contributed by atoms with van der Waals surface area (Å²) in [6, 6.07) is 8.01. The summed E-state index contributed by atoms with van der Waals surface area (Å²) in [6.45, 7) is 11.7. The number of carbonyl (C=O) groups excluding carboxylic acids is 7. The molecule has 0 aromatic heterocycles. The molecule has 0 aliphatic heterocycles. The molecule has 0 unspecified atom stereocenters. The van der Waals surface area contributed by atoms with E-state index < -0.39 is 112 Å². The van der Waals surface area contributed by atoms with Crippen molar-refractivity contribution in [1.82, 2.24) is 0 Å². The first-order valence-electron chi connectivity index (χ1n) is 16.8. The van der Waals surface area contributed by atoms with Crippen molar-refractivity contribution in [2.45, 2.75) is 117 Å². The summed E-state index contributed by atoms with van der Waals surface area (Å²) < 4.78 is 36.2. The average molecular weight is 713 g/mol. The number of ketones is 1. The van der Waals surface area contributed by atoms with Gasteiger partial charge in [0.1, 0.15) is 23.9 Å². The van der Waals surface area contributed by atoms with Crippen LogP contribution in [0.25, 0.3) is 0 Å². The predicted octanol–water partition coefficient (Wildman–Crippen LogP) is 2.96. The summed E-state index contributed by atoms with van der Waals surface area (Å²) >= 11 is 0. The van der Waals surface area contributed by atoms with Crippen LogP contribution in [0.1, 0.15) is 85.5 Å². The summed E-state index contributed by atoms with van der Waals surface area (Å²) in [5.74, 6) is -7.93. The topological polar surface area (TPSA) is 195 Å². The van der Waals surface area contributed by atoms with E-state index in [0.29, 0.717) is 0 Å². The van der Waals surface area contributed by atoms with E-state index in [2.05, 4.69) is 0 Å². The molecule has 2 saturated carbocycles. The maximum Gasteiger partial charge on any atom is 0.338 e. The maximum absolute atomic E-state index is 14.5. The van der Waals surface area contributed by atoms with Gasteiger partial charge >= 0.3 is 35.8 Å². The van der Waals surface area contributed by atoms with E-state index in [9.17, 15) is 38.7 Å². The molecule has 14 nitrogen and oxygen atoms in total. The number of rotatable bonds is 7. The number of carbonyl (C=O) groups is 7.